The second kappa shape index (κ2) is 6.90. The summed E-state index contributed by atoms with van der Waals surface area (Å²) in [4.78, 5) is 11.4. The normalized spacial score (nSPS) is 26.3. The van der Waals surface area contributed by atoms with Gasteiger partial charge >= 0.3 is 5.91 Å². The fraction of sp³-hybridized carbons (Fsp3) is 0.727. The number of hydrogen-bond acceptors (Lipinski definition) is 2. The summed E-state index contributed by atoms with van der Waals surface area (Å²) >= 11 is 13.5. The minimum absolute atomic E-state index is 0.0181. The Bertz CT molecular complexity index is 273. The van der Waals surface area contributed by atoms with E-state index in [1.807, 2.05) is 0 Å². The van der Waals surface area contributed by atoms with E-state index in [9.17, 15) is 4.79 Å². The van der Waals surface area contributed by atoms with Gasteiger partial charge in [0.2, 0.25) is 0 Å². The molecule has 0 bridgehead atoms. The van der Waals surface area contributed by atoms with Crippen molar-refractivity contribution < 1.29 is 8.20 Å². The van der Waals surface area contributed by atoms with Crippen LogP contribution in [0.4, 0.5) is 0 Å². The van der Waals surface area contributed by atoms with Crippen molar-refractivity contribution in [1.82, 2.24) is 0 Å². The molecule has 0 fully saturated rings. The summed E-state index contributed by atoms with van der Waals surface area (Å²) in [6.45, 7) is 2.79. The molecule has 0 aromatic rings. The van der Waals surface area contributed by atoms with Crippen molar-refractivity contribution in [2.75, 3.05) is 6.54 Å². The van der Waals surface area contributed by atoms with Crippen molar-refractivity contribution in [1.29, 1.82) is 0 Å². The summed E-state index contributed by atoms with van der Waals surface area (Å²) < 4.78 is -0.0436. The number of rotatable bonds is 7. The minimum Gasteiger partial charge on any atom is -0.223 e. The molecular formula is C11H18Cl2NOS+. The lowest BCUT2D eigenvalue weighted by Gasteiger charge is -2.17. The summed E-state index contributed by atoms with van der Waals surface area (Å²) in [6, 6.07) is 0. The summed E-state index contributed by atoms with van der Waals surface area (Å²) in [7, 11) is 0. The van der Waals surface area contributed by atoms with E-state index in [0.717, 1.165) is 32.1 Å². The molecule has 5 heteroatoms. The van der Waals surface area contributed by atoms with E-state index in [1.165, 1.54) is 11.9 Å². The van der Waals surface area contributed by atoms with Gasteiger partial charge < -0.3 is 0 Å². The van der Waals surface area contributed by atoms with Gasteiger partial charge in [0.25, 0.3) is 0 Å². The molecule has 1 rings (SSSR count). The van der Waals surface area contributed by atoms with Gasteiger partial charge in [-0.3, -0.25) is 0 Å². The molecule has 0 saturated heterocycles. The van der Waals surface area contributed by atoms with E-state index in [4.69, 9.17) is 23.4 Å². The Morgan fingerprint density at radius 1 is 1.44 bits per heavy atom. The Balaban J connectivity index is 2.10. The highest BCUT2D eigenvalue weighted by molar-refractivity contribution is 7.98. The van der Waals surface area contributed by atoms with Crippen LogP contribution in [0.5, 0.6) is 0 Å². The first kappa shape index (κ1) is 14.4. The zero-order chi connectivity index (χ0) is 12.0. The summed E-state index contributed by atoms with van der Waals surface area (Å²) in [6.07, 6.45) is 6.80. The van der Waals surface area contributed by atoms with Crippen LogP contribution in [0.2, 0.25) is 0 Å². The maximum absolute atomic E-state index is 11.4. The Labute approximate surface area is 112 Å². The summed E-state index contributed by atoms with van der Waals surface area (Å²) in [5.41, 5.74) is 0. The quantitative estimate of drug-likeness (QED) is 0.301. The highest BCUT2D eigenvalue weighted by Crippen LogP contribution is 2.34. The molecule has 0 radical (unpaired) electrons. The molecule has 1 amide bonds. The van der Waals surface area contributed by atoms with E-state index >= 15 is 0 Å². The van der Waals surface area contributed by atoms with Crippen LogP contribution in [0.25, 0.3) is 0 Å². The van der Waals surface area contributed by atoms with Crippen LogP contribution in [0.15, 0.2) is 11.5 Å². The van der Waals surface area contributed by atoms with E-state index in [0.29, 0.717) is 11.9 Å². The molecule has 0 aromatic heterocycles. The molecule has 16 heavy (non-hydrogen) atoms. The Morgan fingerprint density at radius 2 is 2.19 bits per heavy atom. The van der Waals surface area contributed by atoms with Gasteiger partial charge in [-0.25, -0.2) is 4.79 Å². The van der Waals surface area contributed by atoms with Gasteiger partial charge in [0.15, 0.2) is 11.8 Å². The molecule has 2 unspecified atom stereocenters. The minimum atomic E-state index is -0.0436. The predicted molar refractivity (Wildman–Crippen MR) is 71.1 cm³/mol. The molecule has 0 N–H and O–H groups in total. The van der Waals surface area contributed by atoms with Crippen LogP contribution in [0.3, 0.4) is 0 Å². The zero-order valence-corrected chi connectivity index (χ0v) is 11.8. The Morgan fingerprint density at radius 3 is 2.75 bits per heavy atom. The Kier molecular flexibility index (Phi) is 6.19. The van der Waals surface area contributed by atoms with Crippen molar-refractivity contribution in [2.45, 2.75) is 44.4 Å². The van der Waals surface area contributed by atoms with Gasteiger partial charge in [-0.05, 0) is 25.7 Å². The topological polar surface area (TPSA) is 17.1 Å². The molecule has 92 valence electrons. The Hall–Kier alpha value is 0.300. The maximum Gasteiger partial charge on any atom is 0.369 e. The van der Waals surface area contributed by atoms with Crippen molar-refractivity contribution in [3.05, 3.63) is 11.5 Å². The second-order valence-electron chi connectivity index (χ2n) is 3.98. The van der Waals surface area contributed by atoms with Crippen LogP contribution in [0, 0.1) is 0 Å². The third kappa shape index (κ3) is 4.28. The van der Waals surface area contributed by atoms with Gasteiger partial charge in [-0.15, -0.1) is 11.6 Å². The fourth-order valence-corrected chi connectivity index (χ4v) is 2.81. The first-order valence-electron chi connectivity index (χ1n) is 5.70. The molecule has 0 saturated carbocycles. The molecular weight excluding hydrogens is 265 g/mol. The predicted octanol–water partition coefficient (Wildman–Crippen LogP) is 4.24. The summed E-state index contributed by atoms with van der Waals surface area (Å²) in [5, 5.41) is 2.06. The van der Waals surface area contributed by atoms with Crippen LogP contribution in [0.1, 0.15) is 39.0 Å². The fourth-order valence-electron chi connectivity index (χ4n) is 1.57. The largest absolute Gasteiger partial charge is 0.369 e. The lowest BCUT2D eigenvalue weighted by Crippen LogP contribution is -2.33. The number of quaternary nitrogens is 1. The number of hydrogen-bond donors (Lipinski definition) is 0. The highest BCUT2D eigenvalue weighted by Gasteiger charge is 2.39. The van der Waals surface area contributed by atoms with Crippen molar-refractivity contribution in [3.8, 4) is 0 Å². The number of carbonyl (C=O) groups is 1. The van der Waals surface area contributed by atoms with Crippen LogP contribution in [-0.4, -0.2) is 21.2 Å². The average molecular weight is 283 g/mol. The molecule has 0 aromatic carbocycles. The van der Waals surface area contributed by atoms with E-state index in [1.54, 1.807) is 11.5 Å². The van der Waals surface area contributed by atoms with Crippen LogP contribution < -0.4 is 0 Å². The average Bonchev–Trinajstić information content (AvgIpc) is 2.59. The van der Waals surface area contributed by atoms with E-state index < -0.39 is 0 Å². The van der Waals surface area contributed by atoms with Gasteiger partial charge in [0.05, 0.1) is 6.08 Å². The molecule has 1 aliphatic rings. The monoisotopic (exact) mass is 282 g/mol. The van der Waals surface area contributed by atoms with E-state index in [-0.39, 0.29) is 9.31 Å². The standard InChI is InChI=1S/C11H18Cl2NOS/c1-2-10(12)6-4-3-5-8-14(13)11(15)7-9-16-14/h7,9-10H,2-6,8H2,1H3/q+1. The van der Waals surface area contributed by atoms with E-state index in [2.05, 4.69) is 6.92 Å². The van der Waals surface area contributed by atoms with Crippen molar-refractivity contribution in [2.24, 2.45) is 0 Å². The second-order valence-corrected chi connectivity index (χ2v) is 6.48. The van der Waals surface area contributed by atoms with Crippen LogP contribution in [-0.2, 0) is 4.79 Å². The molecule has 0 spiro atoms. The zero-order valence-electron chi connectivity index (χ0n) is 9.49. The van der Waals surface area contributed by atoms with Gasteiger partial charge in [-0.1, -0.05) is 16.8 Å². The number of unbranched alkanes of at least 4 members (excludes halogenated alkanes) is 2. The third-order valence-electron chi connectivity index (χ3n) is 2.67. The maximum atomic E-state index is 11.4. The SMILES string of the molecule is CCC(Cl)CCCCC[N+]1(Cl)SC=CC1=O. The lowest BCUT2D eigenvalue weighted by molar-refractivity contribution is -0.579. The lowest BCUT2D eigenvalue weighted by atomic mass is 10.1. The number of halogens is 2. The number of amides is 1. The van der Waals surface area contributed by atoms with Gasteiger partial charge in [0, 0.05) is 10.8 Å². The number of carbonyl (C=O) groups excluding carboxylic acids is 1. The van der Waals surface area contributed by atoms with Crippen molar-refractivity contribution in [3.63, 3.8) is 0 Å². The first-order chi connectivity index (χ1) is 7.58. The molecule has 2 nitrogen and oxygen atoms in total. The smallest absolute Gasteiger partial charge is 0.223 e. The molecule has 1 aliphatic heterocycles. The van der Waals surface area contributed by atoms with Crippen molar-refractivity contribution >= 4 is 41.2 Å². The molecule has 2 atom stereocenters. The highest BCUT2D eigenvalue weighted by atomic mass is 35.5. The van der Waals surface area contributed by atoms with Gasteiger partial charge in [-0.2, -0.15) is 0 Å². The first-order valence-corrected chi connectivity index (χ1v) is 7.31. The van der Waals surface area contributed by atoms with Crippen LogP contribution >= 0.6 is 35.3 Å². The van der Waals surface area contributed by atoms with Gasteiger partial charge in [0.1, 0.15) is 18.5 Å². The molecule has 1 heterocycles. The number of nitrogens with zero attached hydrogens (tertiary/aromatic N) is 1. The summed E-state index contributed by atoms with van der Waals surface area (Å²) in [5.74, 6) is -0.0181. The number of alkyl halides is 1. The molecule has 0 aliphatic carbocycles. The third-order valence-corrected chi connectivity index (χ3v) is 4.73.